The van der Waals surface area contributed by atoms with Crippen molar-refractivity contribution in [1.82, 2.24) is 4.31 Å². The first-order chi connectivity index (χ1) is 9.48. The van der Waals surface area contributed by atoms with Gasteiger partial charge in [-0.25, -0.2) is 17.2 Å². The van der Waals surface area contributed by atoms with E-state index in [9.17, 15) is 22.3 Å². The lowest BCUT2D eigenvalue weighted by Crippen LogP contribution is -2.42. The van der Waals surface area contributed by atoms with E-state index in [1.54, 1.807) is 0 Å². The zero-order valence-electron chi connectivity index (χ0n) is 10.9. The summed E-state index contributed by atoms with van der Waals surface area (Å²) >= 11 is 0. The molecule has 0 radical (unpaired) electrons. The van der Waals surface area contributed by atoms with Gasteiger partial charge in [-0.3, -0.25) is 0 Å². The second kappa shape index (κ2) is 6.15. The molecule has 0 amide bonds. The van der Waals surface area contributed by atoms with E-state index in [2.05, 4.69) is 0 Å². The Labute approximate surface area is 117 Å². The summed E-state index contributed by atoms with van der Waals surface area (Å²) in [4.78, 5) is -0.930. The van der Waals surface area contributed by atoms with Gasteiger partial charge in [0.15, 0.2) is 4.90 Å². The van der Waals surface area contributed by atoms with Gasteiger partial charge in [0.2, 0.25) is 10.0 Å². The lowest BCUT2D eigenvalue weighted by Gasteiger charge is -2.27. The first-order valence-corrected chi connectivity index (χ1v) is 7.99. The summed E-state index contributed by atoms with van der Waals surface area (Å²) in [6.07, 6.45) is 2.73. The van der Waals surface area contributed by atoms with Crippen LogP contribution in [0.25, 0.3) is 0 Å². The van der Waals surface area contributed by atoms with Crippen LogP contribution in [-0.4, -0.2) is 37.0 Å². The van der Waals surface area contributed by atoms with Crippen molar-refractivity contribution in [3.63, 3.8) is 0 Å². The molecule has 0 bridgehead atoms. The summed E-state index contributed by atoms with van der Waals surface area (Å²) < 4.78 is 53.5. The summed E-state index contributed by atoms with van der Waals surface area (Å²) in [5.41, 5.74) is 0. The fraction of sp³-hybridized carbons (Fsp3) is 0.538. The number of sulfonamides is 1. The Bertz CT molecular complexity index is 557. The number of rotatable bonds is 3. The van der Waals surface area contributed by atoms with Crippen molar-refractivity contribution >= 4 is 10.0 Å². The first-order valence-electron chi connectivity index (χ1n) is 6.55. The Morgan fingerprint density at radius 2 is 1.85 bits per heavy atom. The van der Waals surface area contributed by atoms with Gasteiger partial charge in [-0.05, 0) is 25.0 Å². The summed E-state index contributed by atoms with van der Waals surface area (Å²) in [7, 11) is -4.28. The molecule has 0 saturated carbocycles. The Hall–Kier alpha value is -1.05. The normalized spacial score (nSPS) is 21.6. The molecule has 1 saturated heterocycles. The topological polar surface area (TPSA) is 57.6 Å². The molecule has 2 rings (SSSR count). The molecule has 1 atom stereocenters. The van der Waals surface area contributed by atoms with Crippen molar-refractivity contribution in [3.05, 3.63) is 29.8 Å². The lowest BCUT2D eigenvalue weighted by atomic mass is 10.1. The van der Waals surface area contributed by atoms with Gasteiger partial charge in [0.25, 0.3) is 0 Å². The number of nitrogens with zero attached hydrogens (tertiary/aromatic N) is 1. The molecule has 1 unspecified atom stereocenters. The van der Waals surface area contributed by atoms with Gasteiger partial charge in [-0.1, -0.05) is 18.9 Å². The highest BCUT2D eigenvalue weighted by atomic mass is 32.2. The minimum atomic E-state index is -4.28. The van der Waals surface area contributed by atoms with E-state index in [1.165, 1.54) is 0 Å². The van der Waals surface area contributed by atoms with Crippen LogP contribution in [-0.2, 0) is 10.0 Å². The number of aliphatic hydroxyl groups excluding tert-OH is 1. The van der Waals surface area contributed by atoms with Crippen LogP contribution >= 0.6 is 0 Å². The van der Waals surface area contributed by atoms with Crippen molar-refractivity contribution in [1.29, 1.82) is 0 Å². The van der Waals surface area contributed by atoms with Crippen LogP contribution in [0.1, 0.15) is 25.7 Å². The third-order valence-corrected chi connectivity index (χ3v) is 5.52. The Kier molecular flexibility index (Phi) is 4.72. The van der Waals surface area contributed by atoms with E-state index in [0.29, 0.717) is 12.8 Å². The highest BCUT2D eigenvalue weighted by Gasteiger charge is 2.35. The molecule has 1 aliphatic rings. The third kappa shape index (κ3) is 2.84. The molecule has 0 spiro atoms. The maximum atomic E-state index is 13.7. The van der Waals surface area contributed by atoms with E-state index in [0.717, 1.165) is 35.3 Å². The molecular weight excluding hydrogens is 288 g/mol. The minimum absolute atomic E-state index is 0.168. The van der Waals surface area contributed by atoms with Crippen LogP contribution in [0.3, 0.4) is 0 Å². The summed E-state index contributed by atoms with van der Waals surface area (Å²) in [6, 6.07) is 2.33. The second-order valence-corrected chi connectivity index (χ2v) is 6.68. The lowest BCUT2D eigenvalue weighted by molar-refractivity contribution is 0.186. The van der Waals surface area contributed by atoms with Crippen molar-refractivity contribution in [3.8, 4) is 0 Å². The highest BCUT2D eigenvalue weighted by molar-refractivity contribution is 7.89. The van der Waals surface area contributed by atoms with Crippen molar-refractivity contribution in [2.45, 2.75) is 36.6 Å². The smallest absolute Gasteiger partial charge is 0.249 e. The fourth-order valence-electron chi connectivity index (χ4n) is 2.50. The average molecular weight is 305 g/mol. The summed E-state index contributed by atoms with van der Waals surface area (Å²) in [5.74, 6) is -2.21. The minimum Gasteiger partial charge on any atom is -0.395 e. The summed E-state index contributed by atoms with van der Waals surface area (Å²) in [5, 5.41) is 9.34. The Morgan fingerprint density at radius 1 is 1.20 bits per heavy atom. The van der Waals surface area contributed by atoms with E-state index >= 15 is 0 Å². The molecule has 1 aromatic rings. The third-order valence-electron chi connectivity index (χ3n) is 3.52. The standard InChI is InChI=1S/C13H17F2NO3S/c14-11-6-4-7-12(15)13(11)20(18,19)16-8-3-1-2-5-10(16)9-17/h4,6-7,10,17H,1-3,5,8-9H2. The predicted molar refractivity (Wildman–Crippen MR) is 69.6 cm³/mol. The van der Waals surface area contributed by atoms with E-state index < -0.39 is 32.6 Å². The zero-order valence-corrected chi connectivity index (χ0v) is 11.7. The van der Waals surface area contributed by atoms with Crippen molar-refractivity contribution < 1.29 is 22.3 Å². The zero-order chi connectivity index (χ0) is 14.8. The highest BCUT2D eigenvalue weighted by Crippen LogP contribution is 2.27. The first kappa shape index (κ1) is 15.3. The maximum Gasteiger partial charge on any atom is 0.249 e. The number of halogens is 2. The molecule has 1 aromatic carbocycles. The number of benzene rings is 1. The van der Waals surface area contributed by atoms with E-state index in [-0.39, 0.29) is 13.2 Å². The van der Waals surface area contributed by atoms with Crippen LogP contribution in [0.5, 0.6) is 0 Å². The maximum absolute atomic E-state index is 13.7. The van der Waals surface area contributed by atoms with Crippen LogP contribution in [0.4, 0.5) is 8.78 Å². The van der Waals surface area contributed by atoms with Gasteiger partial charge in [0.1, 0.15) is 11.6 Å². The van der Waals surface area contributed by atoms with Gasteiger partial charge >= 0.3 is 0 Å². The predicted octanol–water partition coefficient (Wildman–Crippen LogP) is 1.89. The summed E-state index contributed by atoms with van der Waals surface area (Å²) in [6.45, 7) is -0.184. The molecule has 7 heteroatoms. The second-order valence-electron chi connectivity index (χ2n) is 4.85. The van der Waals surface area contributed by atoms with Gasteiger partial charge in [0, 0.05) is 12.6 Å². The van der Waals surface area contributed by atoms with Gasteiger partial charge in [0.05, 0.1) is 6.61 Å². The molecule has 0 aromatic heterocycles. The van der Waals surface area contributed by atoms with Crippen LogP contribution < -0.4 is 0 Å². The van der Waals surface area contributed by atoms with E-state index in [4.69, 9.17) is 0 Å². The van der Waals surface area contributed by atoms with Crippen molar-refractivity contribution in [2.24, 2.45) is 0 Å². The molecule has 4 nitrogen and oxygen atoms in total. The quantitative estimate of drug-likeness (QED) is 0.928. The van der Waals surface area contributed by atoms with Crippen LogP contribution in [0.2, 0.25) is 0 Å². The average Bonchev–Trinajstić information content (AvgIpc) is 2.63. The van der Waals surface area contributed by atoms with E-state index in [1.807, 2.05) is 0 Å². The largest absolute Gasteiger partial charge is 0.395 e. The monoisotopic (exact) mass is 305 g/mol. The SMILES string of the molecule is O=S(=O)(c1c(F)cccc1F)N1CCCCCC1CO. The van der Waals surface area contributed by atoms with Crippen LogP contribution in [0.15, 0.2) is 23.1 Å². The molecule has 1 heterocycles. The van der Waals surface area contributed by atoms with Crippen molar-refractivity contribution in [2.75, 3.05) is 13.2 Å². The van der Waals surface area contributed by atoms with Gasteiger partial charge in [-0.2, -0.15) is 4.31 Å². The molecule has 1 N–H and O–H groups in total. The van der Waals surface area contributed by atoms with Gasteiger partial charge < -0.3 is 5.11 Å². The molecular formula is C13H17F2NO3S. The molecule has 20 heavy (non-hydrogen) atoms. The number of hydrogen-bond donors (Lipinski definition) is 1. The number of hydrogen-bond acceptors (Lipinski definition) is 3. The molecule has 1 fully saturated rings. The molecule has 1 aliphatic heterocycles. The fourth-order valence-corrected chi connectivity index (χ4v) is 4.29. The molecule has 0 aliphatic carbocycles. The number of aliphatic hydroxyl groups is 1. The Morgan fingerprint density at radius 3 is 2.45 bits per heavy atom. The Balaban J connectivity index is 2.47. The molecule has 112 valence electrons. The van der Waals surface area contributed by atoms with Gasteiger partial charge in [-0.15, -0.1) is 0 Å². The van der Waals surface area contributed by atoms with Crippen LogP contribution in [0, 0.1) is 11.6 Å².